The summed E-state index contributed by atoms with van der Waals surface area (Å²) in [6.45, 7) is 5.71. The van der Waals surface area contributed by atoms with Crippen LogP contribution in [0.5, 0.6) is 5.75 Å². The number of hydrogen-bond acceptors (Lipinski definition) is 7. The fourth-order valence-electron chi connectivity index (χ4n) is 3.35. The van der Waals surface area contributed by atoms with E-state index < -0.39 is 5.91 Å². The largest absolute Gasteiger partial charge is 0.491 e. The van der Waals surface area contributed by atoms with Crippen LogP contribution in [0.25, 0.3) is 0 Å². The van der Waals surface area contributed by atoms with Crippen LogP contribution in [-0.4, -0.2) is 72.7 Å². The van der Waals surface area contributed by atoms with Gasteiger partial charge in [-0.3, -0.25) is 14.6 Å². The number of amides is 2. The third kappa shape index (κ3) is 5.77. The third-order valence-corrected chi connectivity index (χ3v) is 5.28. The van der Waals surface area contributed by atoms with Crippen molar-refractivity contribution < 1.29 is 19.1 Å². The molecule has 0 unspecified atom stereocenters. The highest BCUT2D eigenvalue weighted by atomic mass is 16.5. The lowest BCUT2D eigenvalue weighted by atomic mass is 10.0. The smallest absolute Gasteiger partial charge is 0.275 e. The monoisotopic (exact) mass is 427 g/mol. The molecule has 9 heteroatoms. The molecule has 1 aliphatic rings. The van der Waals surface area contributed by atoms with Crippen molar-refractivity contribution in [2.45, 2.75) is 26.0 Å². The highest BCUT2D eigenvalue weighted by Crippen LogP contribution is 2.26. The number of rotatable bonds is 3. The van der Waals surface area contributed by atoms with E-state index >= 15 is 0 Å². The van der Waals surface area contributed by atoms with Crippen LogP contribution in [0.1, 0.15) is 34.7 Å². The predicted molar refractivity (Wildman–Crippen MR) is 116 cm³/mol. The summed E-state index contributed by atoms with van der Waals surface area (Å²) in [6.07, 6.45) is 4.21. The van der Waals surface area contributed by atoms with Crippen molar-refractivity contribution in [1.82, 2.24) is 20.2 Å². The van der Waals surface area contributed by atoms with Gasteiger partial charge in [0.25, 0.3) is 11.8 Å². The molecule has 2 heterocycles. The van der Waals surface area contributed by atoms with Gasteiger partial charge in [0.2, 0.25) is 0 Å². The quantitative estimate of drug-likeness (QED) is 0.770. The molecule has 0 fully saturated rings. The molecule has 0 aliphatic carbocycles. The van der Waals surface area contributed by atoms with Crippen LogP contribution in [0.15, 0.2) is 36.8 Å². The van der Waals surface area contributed by atoms with Gasteiger partial charge in [0.1, 0.15) is 18.1 Å². The van der Waals surface area contributed by atoms with Crippen molar-refractivity contribution in [3.8, 4) is 5.75 Å². The molecule has 2 aromatic rings. The van der Waals surface area contributed by atoms with Crippen molar-refractivity contribution in [2.75, 3.05) is 39.2 Å². The zero-order valence-electron chi connectivity index (χ0n) is 18.3. The molecule has 3 atom stereocenters. The Balaban J connectivity index is 1.88. The van der Waals surface area contributed by atoms with Crippen molar-refractivity contribution >= 4 is 17.5 Å². The van der Waals surface area contributed by atoms with Crippen LogP contribution in [0, 0.1) is 5.92 Å². The Morgan fingerprint density at radius 3 is 2.84 bits per heavy atom. The Morgan fingerprint density at radius 1 is 1.32 bits per heavy atom. The summed E-state index contributed by atoms with van der Waals surface area (Å²) in [5.41, 5.74) is 1.02. The number of carbonyl (C=O) groups excluding carboxylic acids is 2. The first-order valence-electron chi connectivity index (χ1n) is 10.2. The van der Waals surface area contributed by atoms with Gasteiger partial charge in [0.15, 0.2) is 0 Å². The number of ether oxygens (including phenoxy) is 2. The summed E-state index contributed by atoms with van der Waals surface area (Å²) in [5.74, 6) is 0.0554. The summed E-state index contributed by atoms with van der Waals surface area (Å²) >= 11 is 0. The van der Waals surface area contributed by atoms with E-state index in [-0.39, 0.29) is 29.7 Å². The van der Waals surface area contributed by atoms with Gasteiger partial charge in [0, 0.05) is 51.4 Å². The molecule has 0 radical (unpaired) electrons. The van der Waals surface area contributed by atoms with E-state index in [2.05, 4.69) is 27.5 Å². The Morgan fingerprint density at radius 2 is 2.13 bits per heavy atom. The predicted octanol–water partition coefficient (Wildman–Crippen LogP) is 1.82. The molecule has 31 heavy (non-hydrogen) atoms. The van der Waals surface area contributed by atoms with Crippen LogP contribution < -0.4 is 15.4 Å². The number of benzene rings is 1. The lowest BCUT2D eigenvalue weighted by Crippen LogP contribution is -2.44. The third-order valence-electron chi connectivity index (χ3n) is 5.28. The lowest BCUT2D eigenvalue weighted by Gasteiger charge is -2.30. The number of fused-ring (bicyclic) bond motifs is 1. The number of anilines is 1. The number of methoxy groups -OCH3 is 1. The minimum Gasteiger partial charge on any atom is -0.491 e. The number of nitrogens with zero attached hydrogens (tertiary/aromatic N) is 3. The van der Waals surface area contributed by atoms with Crippen LogP contribution in [0.4, 0.5) is 5.69 Å². The summed E-state index contributed by atoms with van der Waals surface area (Å²) in [4.78, 5) is 35.2. The first-order valence-corrected chi connectivity index (χ1v) is 10.2. The average molecular weight is 428 g/mol. The molecule has 3 rings (SSSR count). The van der Waals surface area contributed by atoms with Crippen molar-refractivity contribution in [3.63, 3.8) is 0 Å². The summed E-state index contributed by atoms with van der Waals surface area (Å²) < 4.78 is 11.6. The van der Waals surface area contributed by atoms with Gasteiger partial charge >= 0.3 is 0 Å². The molecule has 2 N–H and O–H groups in total. The molecule has 166 valence electrons. The second-order valence-corrected chi connectivity index (χ2v) is 7.81. The second-order valence-electron chi connectivity index (χ2n) is 7.81. The van der Waals surface area contributed by atoms with Crippen molar-refractivity contribution in [3.05, 3.63) is 48.0 Å². The van der Waals surface area contributed by atoms with E-state index in [0.717, 1.165) is 6.54 Å². The Hall–Kier alpha value is -3.04. The molecule has 1 aliphatic heterocycles. The topological polar surface area (TPSA) is 106 Å². The molecule has 0 saturated carbocycles. The number of aromatic nitrogens is 2. The lowest BCUT2D eigenvalue weighted by molar-refractivity contribution is 0.0281. The van der Waals surface area contributed by atoms with Gasteiger partial charge in [-0.2, -0.15) is 0 Å². The molecule has 2 amide bonds. The maximum atomic E-state index is 13.2. The average Bonchev–Trinajstić information content (AvgIpc) is 2.79. The zero-order valence-corrected chi connectivity index (χ0v) is 18.3. The Labute approximate surface area is 182 Å². The van der Waals surface area contributed by atoms with Gasteiger partial charge in [-0.15, -0.1) is 0 Å². The fourth-order valence-corrected chi connectivity index (χ4v) is 3.35. The SMILES string of the molecule is CO[C@@H]1CN(C)C(=O)c2cc(NC(=O)c3cnccn3)ccc2OC[C@@H](C)NC[C@H]1C. The number of hydrogen-bond donors (Lipinski definition) is 2. The molecule has 9 nitrogen and oxygen atoms in total. The van der Waals surface area contributed by atoms with E-state index in [1.165, 1.54) is 18.6 Å². The minimum absolute atomic E-state index is 0.0936. The summed E-state index contributed by atoms with van der Waals surface area (Å²) in [6, 6.07) is 5.11. The number of carbonyl (C=O) groups is 2. The molecule has 0 spiro atoms. The van der Waals surface area contributed by atoms with Gasteiger partial charge < -0.3 is 25.0 Å². The van der Waals surface area contributed by atoms with Crippen LogP contribution >= 0.6 is 0 Å². The molecular formula is C22H29N5O4. The van der Waals surface area contributed by atoms with E-state index in [1.54, 1.807) is 37.3 Å². The van der Waals surface area contributed by atoms with Gasteiger partial charge in [-0.1, -0.05) is 6.92 Å². The molecule has 1 aromatic heterocycles. The normalized spacial score (nSPS) is 22.5. The second kappa shape index (κ2) is 10.3. The van der Waals surface area contributed by atoms with Crippen molar-refractivity contribution in [1.29, 1.82) is 0 Å². The standard InChI is InChI=1S/C22H29N5O4/c1-14-10-25-15(2)13-31-19-6-5-16(26-21(28)18-11-23-7-8-24-18)9-17(19)22(29)27(3)12-20(14)30-4/h5-9,11,14-15,20,25H,10,12-13H2,1-4H3,(H,26,28)/t14-,15-,20-/m1/s1. The Bertz CT molecular complexity index is 908. The Kier molecular flexibility index (Phi) is 7.54. The minimum atomic E-state index is -0.408. The van der Waals surface area contributed by atoms with Crippen LogP contribution in [0.2, 0.25) is 0 Å². The number of nitrogens with one attached hydrogen (secondary N) is 2. The molecule has 1 aromatic carbocycles. The van der Waals surface area contributed by atoms with Gasteiger partial charge in [-0.05, 0) is 31.0 Å². The summed E-state index contributed by atoms with van der Waals surface area (Å²) in [5, 5.41) is 6.21. The zero-order chi connectivity index (χ0) is 22.4. The maximum absolute atomic E-state index is 13.2. The maximum Gasteiger partial charge on any atom is 0.275 e. The first kappa shape index (κ1) is 22.6. The van der Waals surface area contributed by atoms with Crippen LogP contribution in [0.3, 0.4) is 0 Å². The molecule has 0 saturated heterocycles. The van der Waals surface area contributed by atoms with E-state index in [0.29, 0.717) is 30.2 Å². The van der Waals surface area contributed by atoms with E-state index in [9.17, 15) is 9.59 Å². The van der Waals surface area contributed by atoms with E-state index in [4.69, 9.17) is 9.47 Å². The number of likely N-dealkylation sites (N-methyl/N-ethyl adjacent to an activating group) is 1. The first-order chi connectivity index (χ1) is 14.9. The van der Waals surface area contributed by atoms with E-state index in [1.807, 2.05) is 6.92 Å². The summed E-state index contributed by atoms with van der Waals surface area (Å²) in [7, 11) is 3.39. The highest BCUT2D eigenvalue weighted by Gasteiger charge is 2.25. The molecular weight excluding hydrogens is 398 g/mol. The molecule has 0 bridgehead atoms. The highest BCUT2D eigenvalue weighted by molar-refractivity contribution is 6.04. The van der Waals surface area contributed by atoms with Gasteiger partial charge in [0.05, 0.1) is 17.9 Å². The van der Waals surface area contributed by atoms with Crippen LogP contribution in [-0.2, 0) is 4.74 Å². The van der Waals surface area contributed by atoms with Crippen molar-refractivity contribution in [2.24, 2.45) is 5.92 Å². The van der Waals surface area contributed by atoms with Gasteiger partial charge in [-0.25, -0.2) is 4.98 Å². The fraction of sp³-hybridized carbons (Fsp3) is 0.455.